The number of amides is 1. The van der Waals surface area contributed by atoms with Crippen LogP contribution in [0.15, 0.2) is 46.4 Å². The van der Waals surface area contributed by atoms with Gasteiger partial charge in [0.05, 0.1) is 37.2 Å². The van der Waals surface area contributed by atoms with Crippen molar-refractivity contribution >= 4 is 41.6 Å². The Morgan fingerprint density at radius 3 is 2.48 bits per heavy atom. The van der Waals surface area contributed by atoms with Gasteiger partial charge in [-0.3, -0.25) is 19.6 Å². The summed E-state index contributed by atoms with van der Waals surface area (Å²) in [7, 11) is 0. The van der Waals surface area contributed by atoms with E-state index < -0.39 is 43.2 Å². The molecule has 0 bridgehead atoms. The van der Waals surface area contributed by atoms with Crippen molar-refractivity contribution in [1.29, 1.82) is 0 Å². The molecule has 1 amide bonds. The number of alkyl halides is 6. The Morgan fingerprint density at radius 2 is 1.91 bits per heavy atom. The van der Waals surface area contributed by atoms with Crippen molar-refractivity contribution in [3.8, 4) is 0 Å². The van der Waals surface area contributed by atoms with Crippen LogP contribution >= 0.6 is 11.6 Å². The Bertz CT molecular complexity index is 1630. The van der Waals surface area contributed by atoms with E-state index in [2.05, 4.69) is 15.3 Å². The van der Waals surface area contributed by atoms with Crippen LogP contribution in [0, 0.1) is 5.92 Å². The van der Waals surface area contributed by atoms with Gasteiger partial charge in [0.25, 0.3) is 0 Å². The van der Waals surface area contributed by atoms with Crippen LogP contribution in [0.4, 0.5) is 42.9 Å². The van der Waals surface area contributed by atoms with Gasteiger partial charge in [-0.15, -0.1) is 0 Å². The molecule has 12 nitrogen and oxygen atoms in total. The van der Waals surface area contributed by atoms with E-state index in [9.17, 15) is 35.9 Å². The molecule has 3 fully saturated rings. The molecule has 4 aliphatic heterocycles. The molecule has 0 radical (unpaired) electrons. The highest BCUT2D eigenvalue weighted by Gasteiger charge is 2.41. The van der Waals surface area contributed by atoms with Crippen LogP contribution in [-0.4, -0.2) is 115 Å². The highest BCUT2D eigenvalue weighted by Crippen LogP contribution is 2.37. The standard InChI is InChI=1S/C35H45ClF6N8O4/c1-4-22(15-24(35(40,41)42)7-10-34(37,38)39)20-50(31-43-17-27(18-44-31)48-13-14-54-33(48)52)26-16-25(5-2)49(21-26)29-28(36)19-45-32(46-29)47-11-8-23(9-12-47)30(51)53-6-3/h4,15,17-19,23,25-26,31,43H,5-14,16,20-21H2,1-3H3/b22-4+,24-15+. The number of carbonyl (C=O) groups excluding carboxylic acids is 2. The zero-order valence-electron chi connectivity index (χ0n) is 30.3. The molecule has 19 heteroatoms. The average molecular weight is 791 g/mol. The first kappa shape index (κ1) is 41.1. The molecule has 3 saturated heterocycles. The second kappa shape index (κ2) is 17.6. The predicted molar refractivity (Wildman–Crippen MR) is 190 cm³/mol. The number of nitrogens with zero attached hydrogens (tertiary/aromatic N) is 7. The lowest BCUT2D eigenvalue weighted by Gasteiger charge is -2.36. The maximum atomic E-state index is 14.0. The normalized spacial score (nSPS) is 23.2. The van der Waals surface area contributed by atoms with Crippen LogP contribution in [0.25, 0.3) is 0 Å². The van der Waals surface area contributed by atoms with E-state index in [0.29, 0.717) is 81.0 Å². The smallest absolute Gasteiger partial charge is 0.414 e. The van der Waals surface area contributed by atoms with Crippen LogP contribution in [0.2, 0.25) is 5.02 Å². The van der Waals surface area contributed by atoms with Crippen molar-refractivity contribution in [2.45, 2.75) is 90.0 Å². The fourth-order valence-electron chi connectivity index (χ4n) is 7.04. The van der Waals surface area contributed by atoms with Crippen molar-refractivity contribution < 1.29 is 45.4 Å². The van der Waals surface area contributed by atoms with E-state index in [1.165, 1.54) is 30.3 Å². The lowest BCUT2D eigenvalue weighted by Crippen LogP contribution is -2.51. The molecule has 0 spiro atoms. The van der Waals surface area contributed by atoms with Gasteiger partial charge in [0.1, 0.15) is 11.6 Å². The highest BCUT2D eigenvalue weighted by atomic mass is 35.5. The second-order valence-electron chi connectivity index (χ2n) is 13.4. The first-order valence-corrected chi connectivity index (χ1v) is 18.4. The number of aliphatic imine (C=N–C) groups is 1. The van der Waals surface area contributed by atoms with Gasteiger partial charge in [0, 0.05) is 56.5 Å². The van der Waals surface area contributed by atoms with Crippen molar-refractivity contribution in [2.24, 2.45) is 10.9 Å². The van der Waals surface area contributed by atoms with E-state index in [1.54, 1.807) is 13.1 Å². The number of esters is 1. The molecule has 5 heterocycles. The van der Waals surface area contributed by atoms with E-state index in [4.69, 9.17) is 26.1 Å². The number of cyclic esters (lactones) is 1. The third-order valence-corrected chi connectivity index (χ3v) is 10.2. The number of rotatable bonds is 13. The summed E-state index contributed by atoms with van der Waals surface area (Å²) in [5.41, 5.74) is -0.689. The lowest BCUT2D eigenvalue weighted by atomic mass is 9.97. The number of anilines is 2. The monoisotopic (exact) mass is 790 g/mol. The number of nitrogens with one attached hydrogen (secondary N) is 1. The minimum atomic E-state index is -4.97. The third-order valence-electron chi connectivity index (χ3n) is 9.97. The number of aromatic nitrogens is 2. The molecule has 4 aliphatic rings. The largest absolute Gasteiger partial charge is 0.466 e. The van der Waals surface area contributed by atoms with Crippen molar-refractivity contribution in [1.82, 2.24) is 25.1 Å². The van der Waals surface area contributed by atoms with E-state index in [1.807, 2.05) is 21.6 Å². The zero-order valence-corrected chi connectivity index (χ0v) is 31.1. The third kappa shape index (κ3) is 10.2. The summed E-state index contributed by atoms with van der Waals surface area (Å²) in [5.74, 6) is 0.505. The number of ether oxygens (including phenoxy) is 2. The van der Waals surface area contributed by atoms with Crippen molar-refractivity contribution in [3.05, 3.63) is 46.4 Å². The summed E-state index contributed by atoms with van der Waals surface area (Å²) in [6.45, 7) is 7.46. The molecule has 5 rings (SSSR count). The van der Waals surface area contributed by atoms with Gasteiger partial charge < -0.3 is 24.6 Å². The van der Waals surface area contributed by atoms with E-state index >= 15 is 0 Å². The molecular formula is C35H45ClF6N8O4. The summed E-state index contributed by atoms with van der Waals surface area (Å²) >= 11 is 6.72. The molecule has 298 valence electrons. The van der Waals surface area contributed by atoms with Gasteiger partial charge in [-0.25, -0.2) is 9.78 Å². The molecule has 3 unspecified atom stereocenters. The molecule has 3 atom stereocenters. The number of carbonyl (C=O) groups is 2. The minimum absolute atomic E-state index is 0.0981. The van der Waals surface area contributed by atoms with Gasteiger partial charge in [-0.1, -0.05) is 24.6 Å². The average Bonchev–Trinajstić information content (AvgIpc) is 3.77. The summed E-state index contributed by atoms with van der Waals surface area (Å²) in [6.07, 6.45) is -4.72. The predicted octanol–water partition coefficient (Wildman–Crippen LogP) is 6.60. The van der Waals surface area contributed by atoms with Crippen LogP contribution < -0.4 is 15.1 Å². The van der Waals surface area contributed by atoms with Gasteiger partial charge in [0.2, 0.25) is 5.95 Å². The van der Waals surface area contributed by atoms with Crippen LogP contribution in [0.1, 0.15) is 59.3 Å². The van der Waals surface area contributed by atoms with E-state index in [0.717, 1.165) is 6.08 Å². The fraction of sp³-hybridized carbons (Fsp3) is 0.629. The molecular weight excluding hydrogens is 746 g/mol. The maximum absolute atomic E-state index is 14.0. The minimum Gasteiger partial charge on any atom is -0.466 e. The number of hydrogen-bond donors (Lipinski definition) is 1. The first-order chi connectivity index (χ1) is 25.6. The summed E-state index contributed by atoms with van der Waals surface area (Å²) in [5, 5.41) is 3.47. The van der Waals surface area contributed by atoms with Crippen molar-refractivity contribution in [2.75, 3.05) is 55.7 Å². The number of allylic oxidation sites excluding steroid dienone is 3. The maximum Gasteiger partial charge on any atom is 0.414 e. The molecule has 1 N–H and O–H groups in total. The van der Waals surface area contributed by atoms with Gasteiger partial charge in [-0.05, 0) is 57.6 Å². The first-order valence-electron chi connectivity index (χ1n) is 18.0. The van der Waals surface area contributed by atoms with Gasteiger partial charge >= 0.3 is 24.4 Å². The Hall–Kier alpha value is -4.06. The van der Waals surface area contributed by atoms with Gasteiger partial charge in [0.15, 0.2) is 12.1 Å². The number of halogens is 7. The molecule has 1 aromatic rings. The van der Waals surface area contributed by atoms with Crippen molar-refractivity contribution in [3.63, 3.8) is 0 Å². The van der Waals surface area contributed by atoms with Crippen LogP contribution in [0.5, 0.6) is 0 Å². The topological polar surface area (TPSA) is 116 Å². The molecule has 0 aromatic carbocycles. The lowest BCUT2D eigenvalue weighted by molar-refractivity contribution is -0.148. The SMILES string of the molecule is C/C=C(\C=C(/CCC(F)(F)F)C(F)(F)F)CN(C1CC(CC)N(c2nc(N3CCC(C(=O)OCC)CC3)ncc2Cl)C1)C1N=CC(N2CCOC2=O)=CN1. The zero-order chi connectivity index (χ0) is 39.2. The molecule has 54 heavy (non-hydrogen) atoms. The quantitative estimate of drug-likeness (QED) is 0.133. The summed E-state index contributed by atoms with van der Waals surface area (Å²) in [6, 6.07) is -0.452. The Labute approximate surface area is 314 Å². The second-order valence-corrected chi connectivity index (χ2v) is 13.8. The fourth-order valence-corrected chi connectivity index (χ4v) is 7.24. The van der Waals surface area contributed by atoms with Gasteiger partial charge in [-0.2, -0.15) is 31.3 Å². The summed E-state index contributed by atoms with van der Waals surface area (Å²) < 4.78 is 91.3. The summed E-state index contributed by atoms with van der Waals surface area (Å²) in [4.78, 5) is 45.7. The molecule has 0 saturated carbocycles. The number of hydrogen-bond acceptors (Lipinski definition) is 11. The Kier molecular flexibility index (Phi) is 13.4. The van der Waals surface area contributed by atoms with Crippen LogP contribution in [0.3, 0.4) is 0 Å². The Balaban J connectivity index is 1.41. The molecule has 0 aliphatic carbocycles. The molecule has 1 aromatic heterocycles. The number of piperidine rings is 1. The van der Waals surface area contributed by atoms with Crippen LogP contribution in [-0.2, 0) is 14.3 Å². The highest BCUT2D eigenvalue weighted by molar-refractivity contribution is 6.32. The van der Waals surface area contributed by atoms with E-state index in [-0.39, 0.29) is 42.7 Å². The Morgan fingerprint density at radius 1 is 1.17 bits per heavy atom.